The van der Waals surface area contributed by atoms with Gasteiger partial charge in [-0.2, -0.15) is 0 Å². The summed E-state index contributed by atoms with van der Waals surface area (Å²) in [5.41, 5.74) is 6.97. The molecule has 6 heteroatoms. The molecule has 0 bridgehead atoms. The van der Waals surface area contributed by atoms with Crippen LogP contribution in [-0.2, 0) is 6.54 Å². The molecule has 2 rings (SSSR count). The summed E-state index contributed by atoms with van der Waals surface area (Å²) in [6.07, 6.45) is 5.05. The topological polar surface area (TPSA) is 68.5 Å². The van der Waals surface area contributed by atoms with Gasteiger partial charge in [0.05, 0.1) is 12.5 Å². The first-order valence-electron chi connectivity index (χ1n) is 6.93. The van der Waals surface area contributed by atoms with Crippen LogP contribution in [0.4, 0.5) is 4.39 Å². The van der Waals surface area contributed by atoms with Crippen molar-refractivity contribution in [2.75, 3.05) is 20.2 Å². The average molecular weight is 293 g/mol. The second kappa shape index (κ2) is 7.28. The highest BCUT2D eigenvalue weighted by molar-refractivity contribution is 5.74. The van der Waals surface area contributed by atoms with Gasteiger partial charge >= 0.3 is 0 Å². The lowest BCUT2D eigenvalue weighted by Crippen LogP contribution is -2.21. The van der Waals surface area contributed by atoms with E-state index >= 15 is 0 Å². The molecule has 0 amide bonds. The third-order valence-electron chi connectivity index (χ3n) is 3.52. The molecule has 0 aliphatic heterocycles. The Morgan fingerprint density at radius 2 is 2.38 bits per heavy atom. The third-order valence-corrected chi connectivity index (χ3v) is 3.52. The number of aldehydes is 1. The summed E-state index contributed by atoms with van der Waals surface area (Å²) in [6, 6.07) is 2.37. The van der Waals surface area contributed by atoms with E-state index in [0.717, 1.165) is 11.8 Å². The highest BCUT2D eigenvalue weighted by Crippen LogP contribution is 2.27. The monoisotopic (exact) mass is 293 g/mol. The first-order valence-corrected chi connectivity index (χ1v) is 6.93. The van der Waals surface area contributed by atoms with Crippen LogP contribution in [0.2, 0.25) is 0 Å². The first kappa shape index (κ1) is 15.6. The number of ether oxygens (including phenoxy) is 1. The summed E-state index contributed by atoms with van der Waals surface area (Å²) in [6.45, 7) is 0.826. The van der Waals surface area contributed by atoms with Crippen molar-refractivity contribution in [3.63, 3.8) is 0 Å². The van der Waals surface area contributed by atoms with Crippen LogP contribution < -0.4 is 10.5 Å². The molecule has 2 N–H and O–H groups in total. The fourth-order valence-electron chi connectivity index (χ4n) is 2.03. The molecule has 0 spiro atoms. The van der Waals surface area contributed by atoms with Crippen molar-refractivity contribution in [1.29, 1.82) is 0 Å². The summed E-state index contributed by atoms with van der Waals surface area (Å²) >= 11 is 0. The molecule has 0 radical (unpaired) electrons. The highest BCUT2D eigenvalue weighted by Gasteiger charge is 2.26. The minimum atomic E-state index is 0.0764. The molecular formula is C15H20FN3O2. The molecule has 1 heterocycles. The predicted molar refractivity (Wildman–Crippen MR) is 77.9 cm³/mol. The Morgan fingerprint density at radius 3 is 2.95 bits per heavy atom. The van der Waals surface area contributed by atoms with Crippen LogP contribution >= 0.6 is 0 Å². The van der Waals surface area contributed by atoms with Crippen molar-refractivity contribution in [2.24, 2.45) is 5.73 Å². The van der Waals surface area contributed by atoms with Crippen molar-refractivity contribution >= 4 is 6.29 Å². The second-order valence-corrected chi connectivity index (χ2v) is 5.24. The Morgan fingerprint density at radius 1 is 1.62 bits per heavy atom. The molecule has 1 fully saturated rings. The molecule has 0 unspecified atom stereocenters. The maximum Gasteiger partial charge on any atom is 0.168 e. The van der Waals surface area contributed by atoms with Gasteiger partial charge in [0.15, 0.2) is 6.29 Å². The van der Waals surface area contributed by atoms with Crippen LogP contribution in [0.25, 0.3) is 0 Å². The van der Waals surface area contributed by atoms with Gasteiger partial charge < -0.3 is 10.5 Å². The Labute approximate surface area is 123 Å². The number of halogens is 1. The standard InChI is InChI=1S/C15H20FN3O2/c1-19(13-2-3-13)8-12-4-14(7-18-15(12)9-20)21-10-11(5-16)6-17/h4-5,7,9,13H,2-3,6,8,10,17H2,1H3/b11-5+. The number of pyridine rings is 1. The Bertz CT molecular complexity index is 530. The van der Waals surface area contributed by atoms with Crippen LogP contribution in [0.3, 0.4) is 0 Å². The largest absolute Gasteiger partial charge is 0.487 e. The van der Waals surface area contributed by atoms with Crippen LogP contribution in [0.15, 0.2) is 24.2 Å². The smallest absolute Gasteiger partial charge is 0.168 e. The van der Waals surface area contributed by atoms with Crippen molar-refractivity contribution in [3.05, 3.63) is 35.4 Å². The van der Waals surface area contributed by atoms with Gasteiger partial charge in [-0.1, -0.05) is 0 Å². The van der Waals surface area contributed by atoms with Gasteiger partial charge in [-0.3, -0.25) is 9.69 Å². The van der Waals surface area contributed by atoms with E-state index in [2.05, 4.69) is 9.88 Å². The fraction of sp³-hybridized carbons (Fsp3) is 0.467. The molecule has 1 aromatic rings. The number of aromatic nitrogens is 1. The number of carbonyl (C=O) groups is 1. The molecule has 0 aromatic carbocycles. The Balaban J connectivity index is 2.07. The quantitative estimate of drug-likeness (QED) is 0.739. The molecule has 21 heavy (non-hydrogen) atoms. The minimum Gasteiger partial charge on any atom is -0.487 e. The molecular weight excluding hydrogens is 273 g/mol. The van der Waals surface area contributed by atoms with E-state index in [0.29, 0.717) is 35.9 Å². The number of rotatable bonds is 8. The highest BCUT2D eigenvalue weighted by atomic mass is 19.1. The van der Waals surface area contributed by atoms with Crippen LogP contribution in [0, 0.1) is 0 Å². The second-order valence-electron chi connectivity index (χ2n) is 5.24. The van der Waals surface area contributed by atoms with Gasteiger partial charge in [-0.25, -0.2) is 9.37 Å². The fourth-order valence-corrected chi connectivity index (χ4v) is 2.03. The maximum absolute atomic E-state index is 12.4. The molecule has 1 aromatic heterocycles. The summed E-state index contributed by atoms with van der Waals surface area (Å²) in [5, 5.41) is 0. The van der Waals surface area contributed by atoms with E-state index in [1.165, 1.54) is 19.0 Å². The summed E-state index contributed by atoms with van der Waals surface area (Å²) < 4.78 is 17.9. The number of nitrogens with zero attached hydrogens (tertiary/aromatic N) is 2. The molecule has 114 valence electrons. The molecule has 5 nitrogen and oxygen atoms in total. The summed E-state index contributed by atoms with van der Waals surface area (Å²) in [5.74, 6) is 0.507. The zero-order valence-electron chi connectivity index (χ0n) is 12.1. The van der Waals surface area contributed by atoms with Gasteiger partial charge in [0, 0.05) is 24.7 Å². The Hall–Kier alpha value is -1.79. The lowest BCUT2D eigenvalue weighted by molar-refractivity contribution is 0.111. The number of hydrogen-bond donors (Lipinski definition) is 1. The van der Waals surface area contributed by atoms with E-state index in [-0.39, 0.29) is 13.2 Å². The number of hydrogen-bond acceptors (Lipinski definition) is 5. The van der Waals surface area contributed by atoms with E-state index in [1.54, 1.807) is 6.07 Å². The van der Waals surface area contributed by atoms with Crippen molar-refractivity contribution in [3.8, 4) is 5.75 Å². The first-order chi connectivity index (χ1) is 10.2. The van der Waals surface area contributed by atoms with E-state index in [1.807, 2.05) is 7.05 Å². The zero-order chi connectivity index (χ0) is 15.2. The lowest BCUT2D eigenvalue weighted by atomic mass is 10.2. The molecule has 1 saturated carbocycles. The van der Waals surface area contributed by atoms with E-state index in [9.17, 15) is 9.18 Å². The third kappa shape index (κ3) is 4.34. The normalized spacial score (nSPS) is 15.3. The maximum atomic E-state index is 12.4. The number of nitrogens with two attached hydrogens (primary N) is 1. The molecule has 0 atom stereocenters. The number of carbonyl (C=O) groups excluding carboxylic acids is 1. The van der Waals surface area contributed by atoms with Gasteiger partial charge in [-0.15, -0.1) is 0 Å². The van der Waals surface area contributed by atoms with Crippen LogP contribution in [0.1, 0.15) is 28.9 Å². The van der Waals surface area contributed by atoms with Crippen molar-refractivity contribution in [1.82, 2.24) is 9.88 Å². The van der Waals surface area contributed by atoms with Gasteiger partial charge in [-0.05, 0) is 31.5 Å². The summed E-state index contributed by atoms with van der Waals surface area (Å²) in [7, 11) is 2.03. The van der Waals surface area contributed by atoms with Crippen LogP contribution in [0.5, 0.6) is 5.75 Å². The molecule has 1 aliphatic carbocycles. The van der Waals surface area contributed by atoms with Gasteiger partial charge in [0.25, 0.3) is 0 Å². The van der Waals surface area contributed by atoms with Crippen LogP contribution in [-0.4, -0.2) is 42.4 Å². The van der Waals surface area contributed by atoms with Gasteiger partial charge in [0.1, 0.15) is 18.1 Å². The average Bonchev–Trinajstić information content (AvgIpc) is 3.33. The zero-order valence-corrected chi connectivity index (χ0v) is 12.1. The van der Waals surface area contributed by atoms with E-state index < -0.39 is 0 Å². The van der Waals surface area contributed by atoms with E-state index in [4.69, 9.17) is 10.5 Å². The predicted octanol–water partition coefficient (Wildman–Crippen LogP) is 1.68. The minimum absolute atomic E-state index is 0.0764. The molecule has 1 aliphatic rings. The van der Waals surface area contributed by atoms with Crippen molar-refractivity contribution < 1.29 is 13.9 Å². The Kier molecular flexibility index (Phi) is 5.41. The summed E-state index contributed by atoms with van der Waals surface area (Å²) in [4.78, 5) is 17.4. The molecule has 0 saturated heterocycles. The lowest BCUT2D eigenvalue weighted by Gasteiger charge is -2.17. The van der Waals surface area contributed by atoms with Crippen molar-refractivity contribution in [2.45, 2.75) is 25.4 Å². The SMILES string of the molecule is CN(Cc1cc(OC/C(=C/F)CN)cnc1C=O)C1CC1. The van der Waals surface area contributed by atoms with Gasteiger partial charge in [0.2, 0.25) is 0 Å².